The molecular formula is C24H13Cl3F5N3O2. The molecule has 3 aromatic carbocycles. The number of hydrogen-bond acceptors (Lipinski definition) is 3. The number of hydrogen-bond donors (Lipinski definition) is 1. The van der Waals surface area contributed by atoms with Gasteiger partial charge in [0.25, 0.3) is 5.91 Å². The second-order valence-corrected chi connectivity index (χ2v) is 8.84. The van der Waals surface area contributed by atoms with Gasteiger partial charge in [0.15, 0.2) is 34.8 Å². The molecule has 13 heteroatoms. The number of aromatic nitrogens is 2. The van der Waals surface area contributed by atoms with E-state index in [4.69, 9.17) is 39.5 Å². The molecule has 1 heterocycles. The maximum Gasteiger partial charge on any atom is 0.256 e. The highest BCUT2D eigenvalue weighted by Gasteiger charge is 2.26. The van der Waals surface area contributed by atoms with Gasteiger partial charge in [-0.1, -0.05) is 46.9 Å². The maximum atomic E-state index is 13.9. The minimum absolute atomic E-state index is 0.0183. The molecule has 1 amide bonds. The highest BCUT2D eigenvalue weighted by molar-refractivity contribution is 6.40. The molecule has 37 heavy (non-hydrogen) atoms. The summed E-state index contributed by atoms with van der Waals surface area (Å²) >= 11 is 18.1. The van der Waals surface area contributed by atoms with E-state index in [1.54, 1.807) is 18.2 Å². The van der Waals surface area contributed by atoms with Crippen LogP contribution in [0.3, 0.4) is 0 Å². The third kappa shape index (κ3) is 5.82. The summed E-state index contributed by atoms with van der Waals surface area (Å²) in [5, 5.41) is 7.17. The summed E-state index contributed by atoms with van der Waals surface area (Å²) in [4.78, 5) is 12.7. The van der Waals surface area contributed by atoms with Crippen LogP contribution in [0.5, 0.6) is 5.75 Å². The van der Waals surface area contributed by atoms with E-state index in [1.807, 2.05) is 0 Å². The number of halogens is 8. The van der Waals surface area contributed by atoms with E-state index >= 15 is 0 Å². The van der Waals surface area contributed by atoms with Gasteiger partial charge in [-0.05, 0) is 29.8 Å². The molecule has 192 valence electrons. The van der Waals surface area contributed by atoms with Gasteiger partial charge in [-0.2, -0.15) is 5.10 Å². The third-order valence-electron chi connectivity index (χ3n) is 5.04. The Hall–Kier alpha value is -3.34. The van der Waals surface area contributed by atoms with Crippen LogP contribution < -0.4 is 10.1 Å². The average Bonchev–Trinajstić information content (AvgIpc) is 3.30. The van der Waals surface area contributed by atoms with Gasteiger partial charge in [0.2, 0.25) is 5.82 Å². The van der Waals surface area contributed by atoms with Crippen LogP contribution in [0.1, 0.15) is 21.5 Å². The van der Waals surface area contributed by atoms with Gasteiger partial charge in [0.1, 0.15) is 6.61 Å². The Morgan fingerprint density at radius 1 is 0.892 bits per heavy atom. The van der Waals surface area contributed by atoms with Crippen molar-refractivity contribution in [2.75, 3.05) is 5.32 Å². The summed E-state index contributed by atoms with van der Waals surface area (Å²) in [6.45, 7) is -0.733. The summed E-state index contributed by atoms with van der Waals surface area (Å²) in [6, 6.07) is 10.6. The SMILES string of the molecule is O=C(Nc1ccn(Cc2c(F)c(F)c(F)c(F)c2F)n1)c1cccc(COc2c(Cl)cc(Cl)cc2Cl)c1. The number of nitrogens with zero attached hydrogens (tertiary/aromatic N) is 2. The van der Waals surface area contributed by atoms with Gasteiger partial charge in [0.05, 0.1) is 22.2 Å². The van der Waals surface area contributed by atoms with Crippen molar-refractivity contribution in [3.63, 3.8) is 0 Å². The van der Waals surface area contributed by atoms with Gasteiger partial charge in [-0.3, -0.25) is 9.48 Å². The number of amides is 1. The zero-order chi connectivity index (χ0) is 26.9. The van der Waals surface area contributed by atoms with E-state index in [1.165, 1.54) is 30.5 Å². The second-order valence-electron chi connectivity index (χ2n) is 7.59. The van der Waals surface area contributed by atoms with Crippen LogP contribution in [0.15, 0.2) is 48.7 Å². The third-order valence-corrected chi connectivity index (χ3v) is 5.82. The lowest BCUT2D eigenvalue weighted by Gasteiger charge is -2.11. The molecule has 4 rings (SSSR count). The Kier molecular flexibility index (Phi) is 7.91. The highest BCUT2D eigenvalue weighted by atomic mass is 35.5. The molecular weight excluding hydrogens is 564 g/mol. The van der Waals surface area contributed by atoms with E-state index in [0.717, 1.165) is 4.68 Å². The van der Waals surface area contributed by atoms with Crippen LogP contribution in [0.4, 0.5) is 27.8 Å². The molecule has 0 unspecified atom stereocenters. The van der Waals surface area contributed by atoms with Gasteiger partial charge in [0, 0.05) is 22.8 Å². The van der Waals surface area contributed by atoms with E-state index in [9.17, 15) is 26.7 Å². The zero-order valence-electron chi connectivity index (χ0n) is 18.3. The number of nitrogens with one attached hydrogen (secondary N) is 1. The molecule has 5 nitrogen and oxygen atoms in total. The topological polar surface area (TPSA) is 56.2 Å². The van der Waals surface area contributed by atoms with Crippen molar-refractivity contribution in [1.82, 2.24) is 9.78 Å². The first-order chi connectivity index (χ1) is 17.5. The van der Waals surface area contributed by atoms with Crippen molar-refractivity contribution >= 4 is 46.5 Å². The molecule has 1 aromatic heterocycles. The second kappa shape index (κ2) is 11.0. The Morgan fingerprint density at radius 2 is 1.51 bits per heavy atom. The summed E-state index contributed by atoms with van der Waals surface area (Å²) in [5.41, 5.74) is -0.235. The van der Waals surface area contributed by atoms with E-state index in [0.29, 0.717) is 10.6 Å². The van der Waals surface area contributed by atoms with Crippen molar-refractivity contribution in [3.05, 3.63) is 110 Å². The van der Waals surface area contributed by atoms with E-state index < -0.39 is 47.1 Å². The quantitative estimate of drug-likeness (QED) is 0.142. The van der Waals surface area contributed by atoms with Crippen molar-refractivity contribution in [2.24, 2.45) is 0 Å². The molecule has 0 fully saturated rings. The molecule has 0 aliphatic heterocycles. The molecule has 0 bridgehead atoms. The Balaban J connectivity index is 1.44. The molecule has 0 atom stereocenters. The molecule has 4 aromatic rings. The molecule has 0 spiro atoms. The first kappa shape index (κ1) is 26.7. The number of ether oxygens (including phenoxy) is 1. The smallest absolute Gasteiger partial charge is 0.256 e. The number of carbonyl (C=O) groups excluding carboxylic acids is 1. The minimum atomic E-state index is -2.25. The first-order valence-electron chi connectivity index (χ1n) is 10.3. The Bertz CT molecular complexity index is 1460. The van der Waals surface area contributed by atoms with Crippen LogP contribution in [-0.4, -0.2) is 15.7 Å². The predicted octanol–water partition coefficient (Wildman–Crippen LogP) is 7.42. The van der Waals surface area contributed by atoms with Gasteiger partial charge in [-0.15, -0.1) is 0 Å². The van der Waals surface area contributed by atoms with Gasteiger partial charge in [-0.25, -0.2) is 22.0 Å². The number of benzene rings is 3. The fraction of sp³-hybridized carbons (Fsp3) is 0.0833. The van der Waals surface area contributed by atoms with Crippen LogP contribution in [0.2, 0.25) is 15.1 Å². The van der Waals surface area contributed by atoms with Crippen molar-refractivity contribution in [1.29, 1.82) is 0 Å². The van der Waals surface area contributed by atoms with Crippen molar-refractivity contribution in [3.8, 4) is 5.75 Å². The average molecular weight is 577 g/mol. The normalized spacial score (nSPS) is 11.0. The fourth-order valence-electron chi connectivity index (χ4n) is 3.28. The molecule has 0 aliphatic carbocycles. The van der Waals surface area contributed by atoms with Crippen molar-refractivity contribution < 1.29 is 31.5 Å². The maximum absolute atomic E-state index is 13.9. The standard InChI is InChI=1S/C24H13Cl3F5N3O2/c25-13-7-15(26)23(16(27)8-13)37-10-11-2-1-3-12(6-11)24(36)33-17-4-5-35(34-17)9-14-18(28)20(30)22(32)21(31)19(14)29/h1-8H,9-10H2,(H,33,34,36). The van der Waals surface area contributed by atoms with E-state index in [-0.39, 0.29) is 33.8 Å². The fourth-order valence-corrected chi connectivity index (χ4v) is 4.21. The molecule has 0 saturated heterocycles. The number of carbonyl (C=O) groups is 1. The predicted molar refractivity (Wildman–Crippen MR) is 128 cm³/mol. The zero-order valence-corrected chi connectivity index (χ0v) is 20.5. The molecule has 0 saturated carbocycles. The number of anilines is 1. The summed E-state index contributed by atoms with van der Waals surface area (Å²) in [5.74, 6) is -10.7. The highest BCUT2D eigenvalue weighted by Crippen LogP contribution is 2.36. The minimum Gasteiger partial charge on any atom is -0.486 e. The van der Waals surface area contributed by atoms with Crippen LogP contribution in [0, 0.1) is 29.1 Å². The van der Waals surface area contributed by atoms with Gasteiger partial charge < -0.3 is 10.1 Å². The lowest BCUT2D eigenvalue weighted by Crippen LogP contribution is -2.14. The van der Waals surface area contributed by atoms with Crippen LogP contribution >= 0.6 is 34.8 Å². The van der Waals surface area contributed by atoms with E-state index in [2.05, 4.69) is 10.4 Å². The van der Waals surface area contributed by atoms with Crippen LogP contribution in [-0.2, 0) is 13.2 Å². The Labute approximate surface area is 221 Å². The lowest BCUT2D eigenvalue weighted by molar-refractivity contribution is 0.102. The molecule has 0 radical (unpaired) electrons. The summed E-state index contributed by atoms with van der Waals surface area (Å²) in [6.07, 6.45) is 1.21. The first-order valence-corrected chi connectivity index (χ1v) is 11.4. The number of rotatable bonds is 7. The molecule has 1 N–H and O–H groups in total. The monoisotopic (exact) mass is 575 g/mol. The summed E-state index contributed by atoms with van der Waals surface area (Å²) < 4.78 is 74.5. The Morgan fingerprint density at radius 3 is 2.16 bits per heavy atom. The largest absolute Gasteiger partial charge is 0.486 e. The van der Waals surface area contributed by atoms with Gasteiger partial charge >= 0.3 is 0 Å². The lowest BCUT2D eigenvalue weighted by atomic mass is 10.1. The summed E-state index contributed by atoms with van der Waals surface area (Å²) in [7, 11) is 0. The van der Waals surface area contributed by atoms with Crippen LogP contribution in [0.25, 0.3) is 0 Å². The molecule has 0 aliphatic rings. The van der Waals surface area contributed by atoms with Crippen molar-refractivity contribution in [2.45, 2.75) is 13.2 Å².